The number of ether oxygens (including phenoxy) is 1. The van der Waals surface area contributed by atoms with E-state index in [1.807, 2.05) is 31.2 Å². The number of hydrogen-bond acceptors (Lipinski definition) is 3. The molecule has 134 valence electrons. The molecule has 0 aromatic heterocycles. The first kappa shape index (κ1) is 18.8. The monoisotopic (exact) mass is 340 g/mol. The van der Waals surface area contributed by atoms with Gasteiger partial charge in [0.1, 0.15) is 5.75 Å². The third kappa shape index (κ3) is 5.24. The Kier molecular flexibility index (Phi) is 6.87. The quantitative estimate of drug-likeness (QED) is 0.792. The van der Waals surface area contributed by atoms with Gasteiger partial charge in [0.15, 0.2) is 6.10 Å². The molecule has 0 fully saturated rings. The molecule has 2 rings (SSSR count). The standard InChI is InChI=1S/C21H28N2O2/c1-5-23(6-2)19-13-11-18(12-14-19)15-22-21(24)17(4)25-20-10-8-7-9-16(20)3/h7-14,17H,5-6,15H2,1-4H3,(H,22,24)/t17-/m0/s1. The highest BCUT2D eigenvalue weighted by molar-refractivity contribution is 5.80. The summed E-state index contributed by atoms with van der Waals surface area (Å²) in [5, 5.41) is 2.94. The van der Waals surface area contributed by atoms with Crippen molar-refractivity contribution in [1.82, 2.24) is 5.32 Å². The summed E-state index contributed by atoms with van der Waals surface area (Å²) in [5.41, 5.74) is 3.30. The summed E-state index contributed by atoms with van der Waals surface area (Å²) >= 11 is 0. The minimum Gasteiger partial charge on any atom is -0.481 e. The number of nitrogens with zero attached hydrogens (tertiary/aromatic N) is 1. The molecule has 0 bridgehead atoms. The summed E-state index contributed by atoms with van der Waals surface area (Å²) in [7, 11) is 0. The molecule has 0 heterocycles. The van der Waals surface area contributed by atoms with Crippen LogP contribution in [0.3, 0.4) is 0 Å². The molecular formula is C21H28N2O2. The van der Waals surface area contributed by atoms with Crippen LogP contribution in [0, 0.1) is 6.92 Å². The number of carbonyl (C=O) groups is 1. The largest absolute Gasteiger partial charge is 0.481 e. The van der Waals surface area contributed by atoms with E-state index in [-0.39, 0.29) is 5.91 Å². The topological polar surface area (TPSA) is 41.6 Å². The lowest BCUT2D eigenvalue weighted by Crippen LogP contribution is -2.36. The van der Waals surface area contributed by atoms with Gasteiger partial charge < -0.3 is 15.0 Å². The Morgan fingerprint density at radius 1 is 1.08 bits per heavy atom. The van der Waals surface area contributed by atoms with Gasteiger partial charge in [0.05, 0.1) is 0 Å². The first-order chi connectivity index (χ1) is 12.0. The van der Waals surface area contributed by atoms with Gasteiger partial charge in [-0.2, -0.15) is 0 Å². The molecule has 1 atom stereocenters. The van der Waals surface area contributed by atoms with Crippen LogP contribution in [0.4, 0.5) is 5.69 Å². The number of hydrogen-bond donors (Lipinski definition) is 1. The van der Waals surface area contributed by atoms with Crippen molar-refractivity contribution >= 4 is 11.6 Å². The fraction of sp³-hybridized carbons (Fsp3) is 0.381. The Labute approximate surface area is 150 Å². The second-order valence-corrected chi connectivity index (χ2v) is 6.08. The van der Waals surface area contributed by atoms with Crippen LogP contribution in [-0.2, 0) is 11.3 Å². The Balaban J connectivity index is 1.88. The number of benzene rings is 2. The maximum atomic E-state index is 12.3. The fourth-order valence-corrected chi connectivity index (χ4v) is 2.68. The molecule has 1 N–H and O–H groups in total. The van der Waals surface area contributed by atoms with Crippen molar-refractivity contribution in [3.8, 4) is 5.75 Å². The van der Waals surface area contributed by atoms with Crippen LogP contribution in [0.1, 0.15) is 31.9 Å². The average Bonchev–Trinajstić information content (AvgIpc) is 2.63. The van der Waals surface area contributed by atoms with Crippen LogP contribution in [0.2, 0.25) is 0 Å². The first-order valence-electron chi connectivity index (χ1n) is 8.89. The molecule has 0 unspecified atom stereocenters. The highest BCUT2D eigenvalue weighted by Gasteiger charge is 2.15. The molecule has 25 heavy (non-hydrogen) atoms. The second kappa shape index (κ2) is 9.11. The van der Waals surface area contributed by atoms with Crippen molar-refractivity contribution in [1.29, 1.82) is 0 Å². The SMILES string of the molecule is CCN(CC)c1ccc(CNC(=O)[C@H](C)Oc2ccccc2C)cc1. The van der Waals surface area contributed by atoms with E-state index >= 15 is 0 Å². The van der Waals surface area contributed by atoms with Gasteiger partial charge in [0.2, 0.25) is 0 Å². The van der Waals surface area contributed by atoms with Gasteiger partial charge in [-0.1, -0.05) is 30.3 Å². The van der Waals surface area contributed by atoms with E-state index in [2.05, 4.69) is 48.3 Å². The number of rotatable bonds is 8. The number of carbonyl (C=O) groups excluding carboxylic acids is 1. The molecule has 1 amide bonds. The minimum absolute atomic E-state index is 0.115. The molecule has 4 heteroatoms. The summed E-state index contributed by atoms with van der Waals surface area (Å²) in [6.07, 6.45) is -0.531. The molecule has 0 saturated heterocycles. The Morgan fingerprint density at radius 3 is 2.32 bits per heavy atom. The molecule has 0 radical (unpaired) electrons. The summed E-state index contributed by atoms with van der Waals surface area (Å²) in [5.74, 6) is 0.629. The molecule has 4 nitrogen and oxygen atoms in total. The summed E-state index contributed by atoms with van der Waals surface area (Å²) in [6.45, 7) is 10.5. The number of nitrogens with one attached hydrogen (secondary N) is 1. The highest BCUT2D eigenvalue weighted by atomic mass is 16.5. The Hall–Kier alpha value is -2.49. The van der Waals surface area contributed by atoms with Crippen molar-refractivity contribution in [3.05, 3.63) is 59.7 Å². The van der Waals surface area contributed by atoms with Crippen LogP contribution in [0.25, 0.3) is 0 Å². The molecular weight excluding hydrogens is 312 g/mol. The summed E-state index contributed by atoms with van der Waals surface area (Å²) < 4.78 is 5.76. The molecule has 0 saturated carbocycles. The number of aryl methyl sites for hydroxylation is 1. The van der Waals surface area contributed by atoms with E-state index in [4.69, 9.17) is 4.74 Å². The van der Waals surface area contributed by atoms with Crippen LogP contribution in [0.5, 0.6) is 5.75 Å². The van der Waals surface area contributed by atoms with Crippen LogP contribution >= 0.6 is 0 Å². The van der Waals surface area contributed by atoms with Gasteiger partial charge in [0.25, 0.3) is 5.91 Å². The molecule has 0 aliphatic carbocycles. The van der Waals surface area contributed by atoms with Gasteiger partial charge in [-0.05, 0) is 57.0 Å². The van der Waals surface area contributed by atoms with E-state index in [0.717, 1.165) is 30.0 Å². The van der Waals surface area contributed by atoms with Crippen molar-refractivity contribution in [2.75, 3.05) is 18.0 Å². The molecule has 2 aromatic carbocycles. The predicted octanol–water partition coefficient (Wildman–Crippen LogP) is 3.92. The van der Waals surface area contributed by atoms with Crippen LogP contribution in [-0.4, -0.2) is 25.1 Å². The Bertz CT molecular complexity index is 679. The molecule has 0 aliphatic heterocycles. The van der Waals surface area contributed by atoms with Crippen molar-refractivity contribution in [2.45, 2.75) is 40.3 Å². The lowest BCUT2D eigenvalue weighted by Gasteiger charge is -2.21. The predicted molar refractivity (Wildman–Crippen MR) is 103 cm³/mol. The van der Waals surface area contributed by atoms with E-state index in [9.17, 15) is 4.79 Å². The van der Waals surface area contributed by atoms with Crippen molar-refractivity contribution < 1.29 is 9.53 Å². The lowest BCUT2D eigenvalue weighted by molar-refractivity contribution is -0.127. The normalized spacial score (nSPS) is 11.7. The van der Waals surface area contributed by atoms with E-state index in [1.165, 1.54) is 5.69 Å². The van der Waals surface area contributed by atoms with E-state index in [0.29, 0.717) is 6.54 Å². The van der Waals surface area contributed by atoms with Gasteiger partial charge >= 0.3 is 0 Å². The zero-order valence-electron chi connectivity index (χ0n) is 15.6. The van der Waals surface area contributed by atoms with Gasteiger partial charge in [-0.3, -0.25) is 4.79 Å². The first-order valence-corrected chi connectivity index (χ1v) is 8.89. The summed E-state index contributed by atoms with van der Waals surface area (Å²) in [6, 6.07) is 16.0. The Morgan fingerprint density at radius 2 is 1.72 bits per heavy atom. The van der Waals surface area contributed by atoms with Gasteiger partial charge in [0, 0.05) is 25.3 Å². The van der Waals surface area contributed by atoms with Crippen molar-refractivity contribution in [3.63, 3.8) is 0 Å². The zero-order valence-corrected chi connectivity index (χ0v) is 15.6. The third-order valence-corrected chi connectivity index (χ3v) is 4.30. The van der Waals surface area contributed by atoms with Gasteiger partial charge in [-0.15, -0.1) is 0 Å². The maximum absolute atomic E-state index is 12.3. The highest BCUT2D eigenvalue weighted by Crippen LogP contribution is 2.18. The van der Waals surface area contributed by atoms with Crippen LogP contribution < -0.4 is 15.0 Å². The van der Waals surface area contributed by atoms with Crippen LogP contribution in [0.15, 0.2) is 48.5 Å². The average molecular weight is 340 g/mol. The number of amides is 1. The van der Waals surface area contributed by atoms with Gasteiger partial charge in [-0.25, -0.2) is 0 Å². The lowest BCUT2D eigenvalue weighted by atomic mass is 10.2. The van der Waals surface area contributed by atoms with E-state index < -0.39 is 6.10 Å². The molecule has 0 aliphatic rings. The molecule has 0 spiro atoms. The summed E-state index contributed by atoms with van der Waals surface area (Å²) in [4.78, 5) is 14.5. The smallest absolute Gasteiger partial charge is 0.261 e. The fourth-order valence-electron chi connectivity index (χ4n) is 2.68. The maximum Gasteiger partial charge on any atom is 0.261 e. The third-order valence-electron chi connectivity index (χ3n) is 4.30. The molecule has 2 aromatic rings. The number of anilines is 1. The van der Waals surface area contributed by atoms with Crippen molar-refractivity contribution in [2.24, 2.45) is 0 Å². The van der Waals surface area contributed by atoms with E-state index in [1.54, 1.807) is 6.92 Å². The minimum atomic E-state index is -0.531. The zero-order chi connectivity index (χ0) is 18.2. The number of para-hydroxylation sites is 1. The second-order valence-electron chi connectivity index (χ2n) is 6.08.